The molecule has 0 saturated carbocycles. The summed E-state index contributed by atoms with van der Waals surface area (Å²) in [5, 5.41) is 10.3. The molecule has 0 atom stereocenters. The van der Waals surface area contributed by atoms with Crippen molar-refractivity contribution >= 4 is 21.9 Å². The molecule has 0 saturated heterocycles. The lowest BCUT2D eigenvalue weighted by atomic mass is 10.2. The first-order valence-electron chi connectivity index (χ1n) is 9.71. The molecule has 9 nitrogen and oxygen atoms in total. The molecule has 1 amide bonds. The normalized spacial score (nSPS) is 11.5. The molecule has 0 aliphatic rings. The SMILES string of the molecule is CCCCN(C)S(=O)(=O)c1ccc(C(=O)Nc2nnc(-c3ccc(OC)cc3)o2)cc1. The third-order valence-corrected chi connectivity index (χ3v) is 6.50. The van der Waals surface area contributed by atoms with Gasteiger partial charge in [0.2, 0.25) is 15.9 Å². The molecule has 0 spiro atoms. The lowest BCUT2D eigenvalue weighted by molar-refractivity contribution is 0.102. The minimum absolute atomic E-state index is 0.0631. The predicted octanol–water partition coefficient (Wildman–Crippen LogP) is 3.42. The van der Waals surface area contributed by atoms with E-state index in [4.69, 9.17) is 9.15 Å². The van der Waals surface area contributed by atoms with E-state index >= 15 is 0 Å². The van der Waals surface area contributed by atoms with Crippen LogP contribution < -0.4 is 10.1 Å². The number of nitrogens with one attached hydrogen (secondary N) is 1. The van der Waals surface area contributed by atoms with E-state index < -0.39 is 15.9 Å². The van der Waals surface area contributed by atoms with Gasteiger partial charge in [0.15, 0.2) is 0 Å². The van der Waals surface area contributed by atoms with E-state index in [-0.39, 0.29) is 22.4 Å². The van der Waals surface area contributed by atoms with Crippen LogP contribution in [0.5, 0.6) is 5.75 Å². The van der Waals surface area contributed by atoms with Gasteiger partial charge in [0.05, 0.1) is 12.0 Å². The van der Waals surface area contributed by atoms with Gasteiger partial charge in [-0.15, -0.1) is 5.10 Å². The Hall–Kier alpha value is -3.24. The summed E-state index contributed by atoms with van der Waals surface area (Å²) >= 11 is 0. The second kappa shape index (κ2) is 9.71. The zero-order valence-corrected chi connectivity index (χ0v) is 18.3. The Balaban J connectivity index is 1.68. The highest BCUT2D eigenvalue weighted by Crippen LogP contribution is 2.23. The number of amides is 1. The van der Waals surface area contributed by atoms with Crippen molar-refractivity contribution in [3.63, 3.8) is 0 Å². The van der Waals surface area contributed by atoms with Gasteiger partial charge in [-0.05, 0) is 55.0 Å². The van der Waals surface area contributed by atoms with Crippen molar-refractivity contribution in [1.82, 2.24) is 14.5 Å². The fraction of sp³-hybridized carbons (Fsp3) is 0.286. The third-order valence-electron chi connectivity index (χ3n) is 4.63. The van der Waals surface area contributed by atoms with Gasteiger partial charge in [0.1, 0.15) is 5.75 Å². The van der Waals surface area contributed by atoms with Crippen LogP contribution in [0.3, 0.4) is 0 Å². The van der Waals surface area contributed by atoms with Crippen LogP contribution in [0.1, 0.15) is 30.1 Å². The second-order valence-corrected chi connectivity index (χ2v) is 8.84. The summed E-state index contributed by atoms with van der Waals surface area (Å²) in [7, 11) is -0.478. The molecule has 3 rings (SSSR count). The van der Waals surface area contributed by atoms with E-state index in [0.29, 0.717) is 17.9 Å². The highest BCUT2D eigenvalue weighted by Gasteiger charge is 2.21. The average molecular weight is 445 g/mol. The molecule has 3 aromatic rings. The number of nitrogens with zero attached hydrogens (tertiary/aromatic N) is 3. The van der Waals surface area contributed by atoms with Crippen LogP contribution >= 0.6 is 0 Å². The molecule has 0 bridgehead atoms. The Bertz CT molecular complexity index is 1130. The average Bonchev–Trinajstić information content (AvgIpc) is 3.25. The van der Waals surface area contributed by atoms with Crippen LogP contribution in [0, 0.1) is 0 Å². The summed E-state index contributed by atoms with van der Waals surface area (Å²) in [6, 6.07) is 12.7. The monoisotopic (exact) mass is 444 g/mol. The minimum atomic E-state index is -3.59. The number of carbonyl (C=O) groups is 1. The maximum atomic E-state index is 12.6. The van der Waals surface area contributed by atoms with Gasteiger partial charge in [-0.1, -0.05) is 18.4 Å². The van der Waals surface area contributed by atoms with Crippen molar-refractivity contribution in [2.45, 2.75) is 24.7 Å². The quantitative estimate of drug-likeness (QED) is 0.538. The fourth-order valence-electron chi connectivity index (χ4n) is 2.75. The predicted molar refractivity (Wildman–Crippen MR) is 115 cm³/mol. The molecule has 10 heteroatoms. The van der Waals surface area contributed by atoms with Crippen LogP contribution in [0.2, 0.25) is 0 Å². The minimum Gasteiger partial charge on any atom is -0.497 e. The summed E-state index contributed by atoms with van der Waals surface area (Å²) in [6.07, 6.45) is 1.67. The molecule has 1 heterocycles. The van der Waals surface area contributed by atoms with E-state index in [2.05, 4.69) is 15.5 Å². The molecular formula is C21H24N4O5S. The molecule has 0 unspecified atom stereocenters. The Morgan fingerprint density at radius 1 is 1.10 bits per heavy atom. The van der Waals surface area contributed by atoms with Crippen LogP contribution in [0.15, 0.2) is 57.8 Å². The molecule has 1 N–H and O–H groups in total. The number of carbonyl (C=O) groups excluding carboxylic acids is 1. The van der Waals surface area contributed by atoms with Gasteiger partial charge in [-0.3, -0.25) is 10.1 Å². The summed E-state index contributed by atoms with van der Waals surface area (Å²) in [4.78, 5) is 12.6. The van der Waals surface area contributed by atoms with Crippen molar-refractivity contribution in [2.75, 3.05) is 26.0 Å². The van der Waals surface area contributed by atoms with Crippen LogP contribution in [0.4, 0.5) is 6.01 Å². The van der Waals surface area contributed by atoms with Crippen molar-refractivity contribution < 1.29 is 22.4 Å². The number of ether oxygens (including phenoxy) is 1. The van der Waals surface area contributed by atoms with E-state index in [9.17, 15) is 13.2 Å². The molecule has 0 radical (unpaired) electrons. The van der Waals surface area contributed by atoms with Crippen LogP contribution in [-0.4, -0.2) is 49.5 Å². The van der Waals surface area contributed by atoms with Gasteiger partial charge >= 0.3 is 6.01 Å². The number of hydrogen-bond acceptors (Lipinski definition) is 7. The Morgan fingerprint density at radius 2 is 1.77 bits per heavy atom. The highest BCUT2D eigenvalue weighted by molar-refractivity contribution is 7.89. The number of benzene rings is 2. The highest BCUT2D eigenvalue weighted by atomic mass is 32.2. The first-order chi connectivity index (χ1) is 14.8. The first kappa shape index (κ1) is 22.4. The van der Waals surface area contributed by atoms with Crippen molar-refractivity contribution in [1.29, 1.82) is 0 Å². The number of anilines is 1. The van der Waals surface area contributed by atoms with Gasteiger partial charge in [0.25, 0.3) is 5.91 Å². The largest absolute Gasteiger partial charge is 0.497 e. The fourth-order valence-corrected chi connectivity index (χ4v) is 3.96. The van der Waals surface area contributed by atoms with Gasteiger partial charge in [-0.2, -0.15) is 0 Å². The van der Waals surface area contributed by atoms with Crippen molar-refractivity contribution in [3.8, 4) is 17.2 Å². The summed E-state index contributed by atoms with van der Waals surface area (Å²) in [5.41, 5.74) is 0.940. The number of methoxy groups -OCH3 is 1. The van der Waals surface area contributed by atoms with Crippen LogP contribution in [0.25, 0.3) is 11.5 Å². The zero-order valence-electron chi connectivity index (χ0n) is 17.5. The molecule has 2 aromatic carbocycles. The molecule has 0 fully saturated rings. The molecule has 1 aromatic heterocycles. The van der Waals surface area contributed by atoms with Crippen molar-refractivity contribution in [2.24, 2.45) is 0 Å². The zero-order chi connectivity index (χ0) is 22.4. The molecule has 31 heavy (non-hydrogen) atoms. The Kier molecular flexibility index (Phi) is 7.03. The Morgan fingerprint density at radius 3 is 2.39 bits per heavy atom. The molecule has 0 aliphatic heterocycles. The standard InChI is InChI=1S/C21H24N4O5S/c1-4-5-14-25(2)31(27,28)18-12-8-15(9-13-18)19(26)22-21-24-23-20(30-21)16-6-10-17(29-3)11-7-16/h6-13H,4-5,14H2,1-3H3,(H,22,24,26). The number of hydrogen-bond donors (Lipinski definition) is 1. The third kappa shape index (κ3) is 5.28. The lowest BCUT2D eigenvalue weighted by Crippen LogP contribution is -2.28. The van der Waals surface area contributed by atoms with E-state index in [0.717, 1.165) is 12.8 Å². The molecule has 164 valence electrons. The lowest BCUT2D eigenvalue weighted by Gasteiger charge is -2.16. The smallest absolute Gasteiger partial charge is 0.322 e. The van der Waals surface area contributed by atoms with E-state index in [1.54, 1.807) is 38.4 Å². The number of sulfonamides is 1. The Labute approximate surface area is 181 Å². The number of unbranched alkanes of at least 4 members (excludes halogenated alkanes) is 1. The van der Waals surface area contributed by atoms with Gasteiger partial charge < -0.3 is 9.15 Å². The maximum absolute atomic E-state index is 12.6. The maximum Gasteiger partial charge on any atom is 0.322 e. The topological polar surface area (TPSA) is 115 Å². The summed E-state index contributed by atoms with van der Waals surface area (Å²) < 4.78 is 37.0. The molecule has 0 aliphatic carbocycles. The van der Waals surface area contributed by atoms with E-state index in [1.807, 2.05) is 6.92 Å². The first-order valence-corrected chi connectivity index (χ1v) is 11.1. The second-order valence-electron chi connectivity index (χ2n) is 6.80. The van der Waals surface area contributed by atoms with Crippen LogP contribution in [-0.2, 0) is 10.0 Å². The van der Waals surface area contributed by atoms with Crippen molar-refractivity contribution in [3.05, 3.63) is 54.1 Å². The number of aromatic nitrogens is 2. The summed E-state index contributed by atoms with van der Waals surface area (Å²) in [5.74, 6) is 0.446. The molecular weight excluding hydrogens is 420 g/mol. The summed E-state index contributed by atoms with van der Waals surface area (Å²) in [6.45, 7) is 2.44. The van der Waals surface area contributed by atoms with Gasteiger partial charge in [0, 0.05) is 24.7 Å². The van der Waals surface area contributed by atoms with Gasteiger partial charge in [-0.25, -0.2) is 12.7 Å². The number of rotatable bonds is 9. The van der Waals surface area contributed by atoms with E-state index in [1.165, 1.54) is 28.6 Å².